The fraction of sp³-hybridized carbons (Fsp3) is 1.00. The zero-order chi connectivity index (χ0) is 3.70. The topological polar surface area (TPSA) is 38.0 Å². The average molecular weight is 72.1 g/mol. The lowest BCUT2D eigenvalue weighted by atomic mass is 10.2. The number of hydrogen-bond donors (Lipinski definition) is 2. The van der Waals surface area contributed by atoms with Crippen LogP contribution >= 0.6 is 0 Å². The van der Waals surface area contributed by atoms with Gasteiger partial charge in [0.2, 0.25) is 0 Å². The van der Waals surface area contributed by atoms with Crippen LogP contribution in [-0.2, 0) is 0 Å². The molecule has 0 spiro atoms. The third-order valence-electron chi connectivity index (χ3n) is 0.862. The predicted molar refractivity (Wildman–Crippen MR) is 20.6 cm³/mol. The summed E-state index contributed by atoms with van der Waals surface area (Å²) in [7, 11) is 0. The van der Waals surface area contributed by atoms with Crippen LogP contribution in [0.4, 0.5) is 0 Å². The van der Waals surface area contributed by atoms with Crippen molar-refractivity contribution in [2.24, 2.45) is 5.73 Å². The normalized spacial score (nSPS) is 36.6. The van der Waals surface area contributed by atoms with Crippen LogP contribution in [0, 0.1) is 0 Å². The first-order valence-electron chi connectivity index (χ1n) is 1.88. The molecule has 5 heavy (non-hydrogen) atoms. The van der Waals surface area contributed by atoms with Crippen LogP contribution in [0.1, 0.15) is 6.42 Å². The van der Waals surface area contributed by atoms with E-state index >= 15 is 0 Å². The predicted octanol–water partition coefficient (Wildman–Crippen LogP) is -0.736. The van der Waals surface area contributed by atoms with E-state index < -0.39 is 0 Å². The van der Waals surface area contributed by atoms with Gasteiger partial charge in [0.25, 0.3) is 0 Å². The zero-order valence-electron chi connectivity index (χ0n) is 3.07. The molecule has 1 saturated heterocycles. The van der Waals surface area contributed by atoms with Gasteiger partial charge in [0, 0.05) is 0 Å². The molecule has 0 aromatic rings. The monoisotopic (exact) mass is 72.1 g/mol. The van der Waals surface area contributed by atoms with Crippen LogP contribution in [-0.4, -0.2) is 12.7 Å². The molecule has 0 amide bonds. The van der Waals surface area contributed by atoms with Crippen LogP contribution in [0.5, 0.6) is 0 Å². The summed E-state index contributed by atoms with van der Waals surface area (Å²) in [5.74, 6) is 0. The first-order valence-corrected chi connectivity index (χ1v) is 1.88. The molecule has 0 aromatic carbocycles. The Kier molecular flexibility index (Phi) is 0.596. The molecule has 1 rings (SSSR count). The SMILES string of the molecule is N[C@@H]1CCN1. The number of rotatable bonds is 0. The third kappa shape index (κ3) is 0.412. The first-order chi connectivity index (χ1) is 2.39. The number of nitrogens with one attached hydrogen (secondary N) is 1. The van der Waals surface area contributed by atoms with Crippen LogP contribution in [0.15, 0.2) is 0 Å². The minimum absolute atomic E-state index is 0.315. The molecule has 1 atom stereocenters. The largest absolute Gasteiger partial charge is 0.316 e. The number of hydrogen-bond acceptors (Lipinski definition) is 2. The molecule has 30 valence electrons. The van der Waals surface area contributed by atoms with Crippen molar-refractivity contribution in [3.8, 4) is 0 Å². The van der Waals surface area contributed by atoms with Crippen LogP contribution < -0.4 is 11.1 Å². The summed E-state index contributed by atoms with van der Waals surface area (Å²) in [5.41, 5.74) is 5.27. The molecule has 1 aliphatic rings. The molecule has 2 nitrogen and oxygen atoms in total. The first kappa shape index (κ1) is 3.12. The van der Waals surface area contributed by atoms with Crippen molar-refractivity contribution in [2.75, 3.05) is 6.54 Å². The van der Waals surface area contributed by atoms with E-state index in [1.807, 2.05) is 0 Å². The molecule has 0 radical (unpaired) electrons. The fourth-order valence-corrected chi connectivity index (χ4v) is 0.311. The van der Waals surface area contributed by atoms with Gasteiger partial charge < -0.3 is 11.1 Å². The Hall–Kier alpha value is -0.0800. The summed E-state index contributed by atoms with van der Waals surface area (Å²) < 4.78 is 0. The highest BCUT2D eigenvalue weighted by atomic mass is 15.1. The standard InChI is InChI=1S/C3H8N2/c4-3-1-2-5-3/h3,5H,1-2,4H2/t3-/m0/s1. The second-order valence-corrected chi connectivity index (χ2v) is 1.35. The second-order valence-electron chi connectivity index (χ2n) is 1.35. The Morgan fingerprint density at radius 3 is 2.20 bits per heavy atom. The molecule has 0 unspecified atom stereocenters. The summed E-state index contributed by atoms with van der Waals surface area (Å²) in [6.07, 6.45) is 1.47. The summed E-state index contributed by atoms with van der Waals surface area (Å²) in [5, 5.41) is 2.99. The van der Waals surface area contributed by atoms with E-state index in [-0.39, 0.29) is 0 Å². The Balaban J connectivity index is 2.08. The fourth-order valence-electron chi connectivity index (χ4n) is 0.311. The van der Waals surface area contributed by atoms with Crippen LogP contribution in [0.2, 0.25) is 0 Å². The van der Waals surface area contributed by atoms with Gasteiger partial charge in [0.1, 0.15) is 0 Å². The van der Waals surface area contributed by atoms with Crippen molar-refractivity contribution in [2.45, 2.75) is 12.6 Å². The molecule has 1 heterocycles. The lowest BCUT2D eigenvalue weighted by Crippen LogP contribution is -2.49. The molecule has 0 aromatic heterocycles. The Labute approximate surface area is 31.4 Å². The van der Waals surface area contributed by atoms with Gasteiger partial charge in [0.15, 0.2) is 0 Å². The highest BCUT2D eigenvalue weighted by Gasteiger charge is 2.07. The van der Waals surface area contributed by atoms with Crippen molar-refractivity contribution in [1.82, 2.24) is 5.32 Å². The summed E-state index contributed by atoms with van der Waals surface area (Å²) in [6, 6.07) is 0. The van der Waals surface area contributed by atoms with Gasteiger partial charge in [-0.15, -0.1) is 0 Å². The molecule has 3 N–H and O–H groups in total. The van der Waals surface area contributed by atoms with E-state index in [0.29, 0.717) is 6.17 Å². The van der Waals surface area contributed by atoms with Gasteiger partial charge in [-0.3, -0.25) is 0 Å². The second kappa shape index (κ2) is 0.954. The quantitative estimate of drug-likeness (QED) is 0.395. The van der Waals surface area contributed by atoms with Crippen LogP contribution in [0.3, 0.4) is 0 Å². The van der Waals surface area contributed by atoms with E-state index in [4.69, 9.17) is 5.73 Å². The van der Waals surface area contributed by atoms with Crippen molar-refractivity contribution in [3.05, 3.63) is 0 Å². The van der Waals surface area contributed by atoms with E-state index in [9.17, 15) is 0 Å². The Morgan fingerprint density at radius 1 is 1.80 bits per heavy atom. The van der Waals surface area contributed by atoms with Crippen molar-refractivity contribution in [3.63, 3.8) is 0 Å². The maximum Gasteiger partial charge on any atom is 0.0558 e. The zero-order valence-corrected chi connectivity index (χ0v) is 3.07. The van der Waals surface area contributed by atoms with Gasteiger partial charge in [-0.05, 0) is 13.0 Å². The lowest BCUT2D eigenvalue weighted by Gasteiger charge is -2.21. The molecule has 0 bridgehead atoms. The maximum absolute atomic E-state index is 5.27. The van der Waals surface area contributed by atoms with Gasteiger partial charge in [-0.1, -0.05) is 0 Å². The van der Waals surface area contributed by atoms with Gasteiger partial charge in [-0.25, -0.2) is 0 Å². The summed E-state index contributed by atoms with van der Waals surface area (Å²) >= 11 is 0. The summed E-state index contributed by atoms with van der Waals surface area (Å²) in [4.78, 5) is 0. The molecular formula is C3H8N2. The summed E-state index contributed by atoms with van der Waals surface area (Å²) in [6.45, 7) is 1.11. The maximum atomic E-state index is 5.27. The van der Waals surface area contributed by atoms with E-state index in [1.54, 1.807) is 0 Å². The lowest BCUT2D eigenvalue weighted by molar-refractivity contribution is 0.382. The molecule has 1 aliphatic heterocycles. The van der Waals surface area contributed by atoms with E-state index in [1.165, 1.54) is 0 Å². The smallest absolute Gasteiger partial charge is 0.0558 e. The molecular weight excluding hydrogens is 64.0 g/mol. The minimum atomic E-state index is 0.315. The molecule has 2 heteroatoms. The molecule has 0 aliphatic carbocycles. The van der Waals surface area contributed by atoms with E-state index in [0.717, 1.165) is 13.0 Å². The molecule has 0 saturated carbocycles. The van der Waals surface area contributed by atoms with Crippen LogP contribution in [0.25, 0.3) is 0 Å². The van der Waals surface area contributed by atoms with Gasteiger partial charge in [0.05, 0.1) is 6.17 Å². The Morgan fingerprint density at radius 2 is 2.20 bits per heavy atom. The highest BCUT2D eigenvalue weighted by Crippen LogP contribution is 1.90. The minimum Gasteiger partial charge on any atom is -0.316 e. The van der Waals surface area contributed by atoms with Crippen molar-refractivity contribution >= 4 is 0 Å². The van der Waals surface area contributed by atoms with Crippen molar-refractivity contribution in [1.29, 1.82) is 0 Å². The van der Waals surface area contributed by atoms with Gasteiger partial charge >= 0.3 is 0 Å². The highest BCUT2D eigenvalue weighted by molar-refractivity contribution is 4.69. The van der Waals surface area contributed by atoms with Gasteiger partial charge in [-0.2, -0.15) is 0 Å². The molecule has 1 fully saturated rings. The third-order valence-corrected chi connectivity index (χ3v) is 0.862. The van der Waals surface area contributed by atoms with Crippen molar-refractivity contribution < 1.29 is 0 Å². The Bertz CT molecular complexity index is 31.9. The number of nitrogens with two attached hydrogens (primary N) is 1. The van der Waals surface area contributed by atoms with E-state index in [2.05, 4.69) is 5.32 Å². The average Bonchev–Trinajstić information content (AvgIpc) is 1.30.